The summed E-state index contributed by atoms with van der Waals surface area (Å²) in [5, 5.41) is 2.66. The third-order valence-corrected chi connectivity index (χ3v) is 3.53. The van der Waals surface area contributed by atoms with Crippen LogP contribution in [0.15, 0.2) is 30.6 Å². The van der Waals surface area contributed by atoms with E-state index in [1.54, 1.807) is 30.6 Å². The predicted octanol–water partition coefficient (Wildman–Crippen LogP) is 1.36. The molecule has 110 valence electrons. The number of aromatic nitrogens is 2. The van der Waals surface area contributed by atoms with Gasteiger partial charge in [0.1, 0.15) is 11.7 Å². The van der Waals surface area contributed by atoms with Crippen LogP contribution in [0.5, 0.6) is 0 Å². The summed E-state index contributed by atoms with van der Waals surface area (Å²) in [5.74, 6) is -0.879. The first kappa shape index (κ1) is 15.1. The first-order valence-corrected chi connectivity index (χ1v) is 7.08. The fourth-order valence-electron chi connectivity index (χ4n) is 1.80. The van der Waals surface area contributed by atoms with Crippen LogP contribution in [0.3, 0.4) is 0 Å². The quantitative estimate of drug-likeness (QED) is 0.844. The standard InChI is InChI=1S/C14H15N3O3S/c1-9-7-11(17-21-9)13(18)16-12(14(19)20-2)8-10-3-5-15-6-4-10/h3-7,12H,8H2,1-2H3,(H,16,18)/t12-/m0/s1. The lowest BCUT2D eigenvalue weighted by atomic mass is 10.1. The summed E-state index contributed by atoms with van der Waals surface area (Å²) in [6, 6.07) is 4.50. The molecule has 0 aliphatic heterocycles. The molecule has 0 radical (unpaired) electrons. The SMILES string of the molecule is COC(=O)[C@H](Cc1ccncc1)NC(=O)c1cc(C)sn1. The van der Waals surface area contributed by atoms with Crippen molar-refractivity contribution in [1.29, 1.82) is 0 Å². The minimum atomic E-state index is -0.757. The number of methoxy groups -OCH3 is 1. The zero-order valence-electron chi connectivity index (χ0n) is 11.7. The number of hydrogen-bond donors (Lipinski definition) is 1. The van der Waals surface area contributed by atoms with E-state index in [1.165, 1.54) is 18.6 Å². The van der Waals surface area contributed by atoms with E-state index in [9.17, 15) is 9.59 Å². The van der Waals surface area contributed by atoms with Crippen molar-refractivity contribution in [2.75, 3.05) is 7.11 Å². The van der Waals surface area contributed by atoms with Gasteiger partial charge in [-0.15, -0.1) is 0 Å². The summed E-state index contributed by atoms with van der Waals surface area (Å²) in [7, 11) is 1.29. The molecule has 2 rings (SSSR count). The van der Waals surface area contributed by atoms with Crippen molar-refractivity contribution in [3.63, 3.8) is 0 Å². The van der Waals surface area contributed by atoms with Gasteiger partial charge in [0.25, 0.3) is 5.91 Å². The summed E-state index contributed by atoms with van der Waals surface area (Å²) in [4.78, 5) is 28.8. The highest BCUT2D eigenvalue weighted by atomic mass is 32.1. The lowest BCUT2D eigenvalue weighted by Gasteiger charge is -2.15. The lowest BCUT2D eigenvalue weighted by Crippen LogP contribution is -2.43. The van der Waals surface area contributed by atoms with Crippen molar-refractivity contribution in [2.24, 2.45) is 0 Å². The summed E-state index contributed by atoms with van der Waals surface area (Å²) >= 11 is 1.24. The first-order valence-electron chi connectivity index (χ1n) is 6.31. The minimum Gasteiger partial charge on any atom is -0.467 e. The van der Waals surface area contributed by atoms with Gasteiger partial charge in [0.15, 0.2) is 0 Å². The topological polar surface area (TPSA) is 81.2 Å². The molecule has 0 unspecified atom stereocenters. The Kier molecular flexibility index (Phi) is 4.99. The summed E-state index contributed by atoms with van der Waals surface area (Å²) in [5.41, 5.74) is 1.19. The number of hydrogen-bond acceptors (Lipinski definition) is 6. The minimum absolute atomic E-state index is 0.307. The molecule has 2 aromatic rings. The Morgan fingerprint density at radius 1 is 1.38 bits per heavy atom. The second-order valence-corrected chi connectivity index (χ2v) is 5.44. The lowest BCUT2D eigenvalue weighted by molar-refractivity contribution is -0.142. The van der Waals surface area contributed by atoms with E-state index in [1.807, 2.05) is 6.92 Å². The monoisotopic (exact) mass is 305 g/mol. The summed E-state index contributed by atoms with van der Waals surface area (Å²) in [6.45, 7) is 1.86. The number of nitrogens with zero attached hydrogens (tertiary/aromatic N) is 2. The highest BCUT2D eigenvalue weighted by molar-refractivity contribution is 7.05. The fraction of sp³-hybridized carbons (Fsp3) is 0.286. The fourth-order valence-corrected chi connectivity index (χ4v) is 2.34. The van der Waals surface area contributed by atoms with Crippen molar-refractivity contribution < 1.29 is 14.3 Å². The molecule has 2 heterocycles. The number of aryl methyl sites for hydroxylation is 1. The third-order valence-electron chi connectivity index (χ3n) is 2.84. The molecule has 0 bridgehead atoms. The molecule has 0 aromatic carbocycles. The number of carbonyl (C=O) groups excluding carboxylic acids is 2. The van der Waals surface area contributed by atoms with E-state index in [4.69, 9.17) is 4.74 Å². The maximum atomic E-state index is 12.1. The van der Waals surface area contributed by atoms with E-state index in [0.717, 1.165) is 10.4 Å². The molecule has 1 atom stereocenters. The highest BCUT2D eigenvalue weighted by Gasteiger charge is 2.23. The van der Waals surface area contributed by atoms with E-state index < -0.39 is 12.0 Å². The Morgan fingerprint density at radius 2 is 2.10 bits per heavy atom. The molecule has 0 fully saturated rings. The molecule has 0 saturated heterocycles. The van der Waals surface area contributed by atoms with Gasteiger partial charge in [0, 0.05) is 23.7 Å². The van der Waals surface area contributed by atoms with Gasteiger partial charge < -0.3 is 10.1 Å². The number of esters is 1. The van der Waals surface area contributed by atoms with E-state index in [-0.39, 0.29) is 5.91 Å². The number of rotatable bonds is 5. The Morgan fingerprint density at radius 3 is 2.67 bits per heavy atom. The van der Waals surface area contributed by atoms with Gasteiger partial charge in [-0.1, -0.05) is 0 Å². The molecule has 1 N–H and O–H groups in total. The van der Waals surface area contributed by atoms with E-state index in [0.29, 0.717) is 12.1 Å². The summed E-state index contributed by atoms with van der Waals surface area (Å²) < 4.78 is 8.77. The zero-order valence-corrected chi connectivity index (χ0v) is 12.5. The van der Waals surface area contributed by atoms with Gasteiger partial charge in [-0.2, -0.15) is 4.37 Å². The Hall–Kier alpha value is -2.28. The van der Waals surface area contributed by atoms with Crippen molar-refractivity contribution in [3.05, 3.63) is 46.7 Å². The molecule has 0 aliphatic rings. The molecule has 21 heavy (non-hydrogen) atoms. The second-order valence-electron chi connectivity index (χ2n) is 4.43. The number of pyridine rings is 1. The Balaban J connectivity index is 2.09. The Labute approximate surface area is 126 Å². The van der Waals surface area contributed by atoms with Crippen LogP contribution in [-0.2, 0) is 16.0 Å². The van der Waals surface area contributed by atoms with Crippen LogP contribution in [0.25, 0.3) is 0 Å². The van der Waals surface area contributed by atoms with Crippen LogP contribution in [-0.4, -0.2) is 34.4 Å². The van der Waals surface area contributed by atoms with E-state index in [2.05, 4.69) is 14.7 Å². The van der Waals surface area contributed by atoms with Crippen LogP contribution in [0.2, 0.25) is 0 Å². The highest BCUT2D eigenvalue weighted by Crippen LogP contribution is 2.09. The number of carbonyl (C=O) groups is 2. The second kappa shape index (κ2) is 6.94. The summed E-state index contributed by atoms with van der Waals surface area (Å²) in [6.07, 6.45) is 3.61. The maximum Gasteiger partial charge on any atom is 0.328 e. The van der Waals surface area contributed by atoms with Crippen LogP contribution in [0, 0.1) is 6.92 Å². The molecule has 2 aromatic heterocycles. The van der Waals surface area contributed by atoms with Crippen molar-refractivity contribution in [2.45, 2.75) is 19.4 Å². The van der Waals surface area contributed by atoms with Gasteiger partial charge in [-0.05, 0) is 42.2 Å². The molecule has 7 heteroatoms. The van der Waals surface area contributed by atoms with Gasteiger partial charge >= 0.3 is 5.97 Å². The average molecular weight is 305 g/mol. The van der Waals surface area contributed by atoms with Crippen molar-refractivity contribution in [3.8, 4) is 0 Å². The average Bonchev–Trinajstić information content (AvgIpc) is 2.93. The predicted molar refractivity (Wildman–Crippen MR) is 78.1 cm³/mol. The Bertz CT molecular complexity index is 627. The third kappa shape index (κ3) is 4.09. The van der Waals surface area contributed by atoms with Crippen LogP contribution in [0.1, 0.15) is 20.9 Å². The molecular formula is C14H15N3O3S. The van der Waals surface area contributed by atoms with Crippen molar-refractivity contribution >= 4 is 23.4 Å². The molecule has 0 spiro atoms. The van der Waals surface area contributed by atoms with Crippen LogP contribution < -0.4 is 5.32 Å². The molecule has 0 saturated carbocycles. The molecular weight excluding hydrogens is 290 g/mol. The van der Waals surface area contributed by atoms with Gasteiger partial charge in [0.05, 0.1) is 7.11 Å². The molecule has 6 nitrogen and oxygen atoms in total. The zero-order chi connectivity index (χ0) is 15.2. The van der Waals surface area contributed by atoms with Gasteiger partial charge in [-0.25, -0.2) is 4.79 Å². The number of ether oxygens (including phenoxy) is 1. The molecule has 0 aliphatic carbocycles. The van der Waals surface area contributed by atoms with Crippen LogP contribution in [0.4, 0.5) is 0 Å². The smallest absolute Gasteiger partial charge is 0.328 e. The van der Waals surface area contributed by atoms with Gasteiger partial charge in [-0.3, -0.25) is 9.78 Å². The van der Waals surface area contributed by atoms with Crippen molar-refractivity contribution in [1.82, 2.24) is 14.7 Å². The normalized spacial score (nSPS) is 11.7. The maximum absolute atomic E-state index is 12.1. The molecule has 1 amide bonds. The van der Waals surface area contributed by atoms with E-state index >= 15 is 0 Å². The van der Waals surface area contributed by atoms with Gasteiger partial charge in [0.2, 0.25) is 0 Å². The number of amides is 1. The first-order chi connectivity index (χ1) is 10.1. The number of nitrogens with one attached hydrogen (secondary N) is 1. The van der Waals surface area contributed by atoms with Crippen LogP contribution >= 0.6 is 11.5 Å². The largest absolute Gasteiger partial charge is 0.467 e.